The average molecular weight is 328 g/mol. The lowest BCUT2D eigenvalue weighted by Gasteiger charge is -2.06. The van der Waals surface area contributed by atoms with Gasteiger partial charge in [0.2, 0.25) is 0 Å². The second kappa shape index (κ2) is 5.25. The standard InChI is InChI=1S/C17H14BrNO/c1-12-2-3-13-8-9-19(16(13)10-12)11-17(20)14-4-6-15(18)7-5-14/h2-10H,11H2,1H3. The molecular weight excluding hydrogens is 314 g/mol. The van der Waals surface area contributed by atoms with Crippen LogP contribution in [-0.2, 0) is 6.54 Å². The van der Waals surface area contributed by atoms with Crippen LogP contribution >= 0.6 is 15.9 Å². The number of fused-ring (bicyclic) bond motifs is 1. The van der Waals surface area contributed by atoms with Crippen molar-refractivity contribution in [3.8, 4) is 0 Å². The molecule has 0 bridgehead atoms. The van der Waals surface area contributed by atoms with Gasteiger partial charge in [-0.2, -0.15) is 0 Å². The van der Waals surface area contributed by atoms with Crippen molar-refractivity contribution in [1.82, 2.24) is 4.57 Å². The summed E-state index contributed by atoms with van der Waals surface area (Å²) in [6.07, 6.45) is 1.97. The number of ketones is 1. The van der Waals surface area contributed by atoms with E-state index in [4.69, 9.17) is 0 Å². The van der Waals surface area contributed by atoms with Crippen LogP contribution < -0.4 is 0 Å². The van der Waals surface area contributed by atoms with E-state index in [1.54, 1.807) is 0 Å². The van der Waals surface area contributed by atoms with Gasteiger partial charge in [-0.15, -0.1) is 0 Å². The van der Waals surface area contributed by atoms with Crippen LogP contribution in [0.1, 0.15) is 15.9 Å². The number of aromatic nitrogens is 1. The SMILES string of the molecule is Cc1ccc2ccn(CC(=O)c3ccc(Br)cc3)c2c1. The second-order valence-corrected chi connectivity index (χ2v) is 5.85. The molecule has 0 fully saturated rings. The lowest BCUT2D eigenvalue weighted by molar-refractivity contribution is 0.0973. The van der Waals surface area contributed by atoms with Crippen LogP contribution in [-0.4, -0.2) is 10.4 Å². The van der Waals surface area contributed by atoms with Gasteiger partial charge in [0.05, 0.1) is 6.54 Å². The van der Waals surface area contributed by atoms with Gasteiger partial charge in [0, 0.05) is 21.7 Å². The normalized spacial score (nSPS) is 10.9. The Bertz CT molecular complexity index is 771. The molecule has 0 saturated carbocycles. The van der Waals surface area contributed by atoms with Crippen LogP contribution in [0.2, 0.25) is 0 Å². The molecule has 0 saturated heterocycles. The molecule has 0 aliphatic rings. The molecule has 1 heterocycles. The number of rotatable bonds is 3. The molecule has 0 aliphatic heterocycles. The van der Waals surface area contributed by atoms with Crippen molar-refractivity contribution in [1.29, 1.82) is 0 Å². The third-order valence-electron chi connectivity index (χ3n) is 3.41. The fourth-order valence-corrected chi connectivity index (χ4v) is 2.58. The number of nitrogens with zero attached hydrogens (tertiary/aromatic N) is 1. The molecule has 0 amide bonds. The first-order valence-electron chi connectivity index (χ1n) is 6.48. The number of carbonyl (C=O) groups excluding carboxylic acids is 1. The molecule has 3 rings (SSSR count). The summed E-state index contributed by atoms with van der Waals surface area (Å²) >= 11 is 3.38. The van der Waals surface area contributed by atoms with E-state index in [-0.39, 0.29) is 5.78 Å². The lowest BCUT2D eigenvalue weighted by atomic mass is 10.1. The van der Waals surface area contributed by atoms with Crippen molar-refractivity contribution in [2.24, 2.45) is 0 Å². The van der Waals surface area contributed by atoms with Gasteiger partial charge >= 0.3 is 0 Å². The van der Waals surface area contributed by atoms with Crippen molar-refractivity contribution in [2.75, 3.05) is 0 Å². The first-order chi connectivity index (χ1) is 9.63. The fourth-order valence-electron chi connectivity index (χ4n) is 2.31. The Morgan fingerprint density at radius 3 is 2.60 bits per heavy atom. The highest BCUT2D eigenvalue weighted by Gasteiger charge is 2.09. The molecule has 0 N–H and O–H groups in total. The van der Waals surface area contributed by atoms with E-state index in [2.05, 4.69) is 41.1 Å². The predicted molar refractivity (Wildman–Crippen MR) is 85.1 cm³/mol. The molecule has 0 radical (unpaired) electrons. The number of aryl methyl sites for hydroxylation is 1. The summed E-state index contributed by atoms with van der Waals surface area (Å²) in [6.45, 7) is 2.43. The first-order valence-corrected chi connectivity index (χ1v) is 7.27. The van der Waals surface area contributed by atoms with Crippen molar-refractivity contribution in [3.63, 3.8) is 0 Å². The second-order valence-electron chi connectivity index (χ2n) is 4.94. The van der Waals surface area contributed by atoms with Crippen LogP contribution in [0.25, 0.3) is 10.9 Å². The van der Waals surface area contributed by atoms with Gasteiger partial charge < -0.3 is 4.57 Å². The molecule has 100 valence electrons. The highest BCUT2D eigenvalue weighted by molar-refractivity contribution is 9.10. The number of carbonyl (C=O) groups is 1. The zero-order valence-electron chi connectivity index (χ0n) is 11.1. The predicted octanol–water partition coefficient (Wildman–Crippen LogP) is 4.60. The quantitative estimate of drug-likeness (QED) is 0.644. The van der Waals surface area contributed by atoms with E-state index < -0.39 is 0 Å². The Labute approximate surface area is 126 Å². The monoisotopic (exact) mass is 327 g/mol. The van der Waals surface area contributed by atoms with E-state index >= 15 is 0 Å². The fraction of sp³-hybridized carbons (Fsp3) is 0.118. The molecule has 3 aromatic rings. The Kier molecular flexibility index (Phi) is 3.45. The van der Waals surface area contributed by atoms with Crippen LogP contribution in [0.3, 0.4) is 0 Å². The molecule has 0 spiro atoms. The number of Topliss-reactive ketones (excluding diaryl/α,β-unsaturated/α-hetero) is 1. The highest BCUT2D eigenvalue weighted by Crippen LogP contribution is 2.18. The summed E-state index contributed by atoms with van der Waals surface area (Å²) in [5, 5.41) is 1.17. The molecule has 2 nitrogen and oxygen atoms in total. The van der Waals surface area contributed by atoms with E-state index in [1.807, 2.05) is 41.1 Å². The van der Waals surface area contributed by atoms with Crippen LogP contribution in [0.15, 0.2) is 59.2 Å². The Balaban J connectivity index is 1.91. The third kappa shape index (κ3) is 2.54. The van der Waals surface area contributed by atoms with Gasteiger partial charge in [-0.1, -0.05) is 40.2 Å². The van der Waals surface area contributed by atoms with E-state index in [9.17, 15) is 4.79 Å². The van der Waals surface area contributed by atoms with E-state index in [1.165, 1.54) is 10.9 Å². The van der Waals surface area contributed by atoms with Crippen LogP contribution in [0.5, 0.6) is 0 Å². The zero-order chi connectivity index (χ0) is 14.1. The van der Waals surface area contributed by atoms with Gasteiger partial charge in [-0.05, 0) is 42.1 Å². The largest absolute Gasteiger partial charge is 0.340 e. The summed E-state index contributed by atoms with van der Waals surface area (Å²) < 4.78 is 2.99. The highest BCUT2D eigenvalue weighted by atomic mass is 79.9. The molecule has 0 aliphatic carbocycles. The zero-order valence-corrected chi connectivity index (χ0v) is 12.7. The maximum Gasteiger partial charge on any atom is 0.182 e. The lowest BCUT2D eigenvalue weighted by Crippen LogP contribution is -2.09. The Morgan fingerprint density at radius 2 is 1.85 bits per heavy atom. The molecule has 1 aromatic heterocycles. The molecule has 2 aromatic carbocycles. The smallest absolute Gasteiger partial charge is 0.182 e. The van der Waals surface area contributed by atoms with E-state index in [0.717, 1.165) is 15.6 Å². The summed E-state index contributed by atoms with van der Waals surface area (Å²) in [4.78, 5) is 12.3. The van der Waals surface area contributed by atoms with Crippen molar-refractivity contribution in [3.05, 3.63) is 70.3 Å². The van der Waals surface area contributed by atoms with E-state index in [0.29, 0.717) is 6.54 Å². The summed E-state index contributed by atoms with van der Waals surface area (Å²) in [7, 11) is 0. The Morgan fingerprint density at radius 1 is 1.10 bits per heavy atom. The van der Waals surface area contributed by atoms with Crippen molar-refractivity contribution < 1.29 is 4.79 Å². The van der Waals surface area contributed by atoms with Crippen molar-refractivity contribution in [2.45, 2.75) is 13.5 Å². The number of hydrogen-bond acceptors (Lipinski definition) is 1. The summed E-state index contributed by atoms with van der Waals surface area (Å²) in [5.41, 5.74) is 3.05. The van der Waals surface area contributed by atoms with Gasteiger partial charge in [0.1, 0.15) is 0 Å². The van der Waals surface area contributed by atoms with Gasteiger partial charge in [0.25, 0.3) is 0 Å². The van der Waals surface area contributed by atoms with Crippen LogP contribution in [0.4, 0.5) is 0 Å². The molecule has 0 atom stereocenters. The topological polar surface area (TPSA) is 22.0 Å². The molecule has 3 heteroatoms. The minimum Gasteiger partial charge on any atom is -0.340 e. The molecule has 0 unspecified atom stereocenters. The Hall–Kier alpha value is -1.87. The van der Waals surface area contributed by atoms with Gasteiger partial charge in [-0.3, -0.25) is 4.79 Å². The number of halogens is 1. The third-order valence-corrected chi connectivity index (χ3v) is 3.94. The van der Waals surface area contributed by atoms with Gasteiger partial charge in [-0.25, -0.2) is 0 Å². The first kappa shape index (κ1) is 13.1. The maximum atomic E-state index is 12.3. The van der Waals surface area contributed by atoms with Crippen LogP contribution in [0, 0.1) is 6.92 Å². The summed E-state index contributed by atoms with van der Waals surface area (Å²) in [5.74, 6) is 0.122. The number of benzene rings is 2. The average Bonchev–Trinajstić information content (AvgIpc) is 2.82. The molecule has 20 heavy (non-hydrogen) atoms. The number of hydrogen-bond donors (Lipinski definition) is 0. The minimum atomic E-state index is 0.122. The minimum absolute atomic E-state index is 0.122. The summed E-state index contributed by atoms with van der Waals surface area (Å²) in [6, 6.07) is 15.8. The van der Waals surface area contributed by atoms with Crippen molar-refractivity contribution >= 4 is 32.6 Å². The molecular formula is C17H14BrNO. The maximum absolute atomic E-state index is 12.3. The van der Waals surface area contributed by atoms with Gasteiger partial charge in [0.15, 0.2) is 5.78 Å².